The molecule has 3 aromatic rings. The minimum absolute atomic E-state index is 0.159. The molecule has 0 unspecified atom stereocenters. The molecule has 142 valence electrons. The third-order valence-corrected chi connectivity index (χ3v) is 5.29. The Morgan fingerprint density at radius 3 is 2.50 bits per heavy atom. The van der Waals surface area contributed by atoms with Gasteiger partial charge in [0.2, 0.25) is 0 Å². The van der Waals surface area contributed by atoms with Gasteiger partial charge in [-0.2, -0.15) is 0 Å². The van der Waals surface area contributed by atoms with Gasteiger partial charge < -0.3 is 14.6 Å². The molecule has 0 saturated heterocycles. The number of carbonyl (C=O) groups is 1. The lowest BCUT2D eigenvalue weighted by Crippen LogP contribution is -2.00. The van der Waals surface area contributed by atoms with Crippen LogP contribution in [0.1, 0.15) is 10.4 Å². The maximum atomic E-state index is 11.7. The number of aromatic carboxylic acids is 1. The van der Waals surface area contributed by atoms with Gasteiger partial charge in [-0.1, -0.05) is 46.3 Å². The first kappa shape index (κ1) is 19.9. The Balaban J connectivity index is 2.04. The highest BCUT2D eigenvalue weighted by molar-refractivity contribution is 9.10. The zero-order valence-corrected chi connectivity index (χ0v) is 17.1. The smallest absolute Gasteiger partial charge is 0.338 e. The number of hydrogen-bond acceptors (Lipinski definition) is 6. The number of nitrogens with one attached hydrogen (secondary N) is 1. The van der Waals surface area contributed by atoms with Crippen molar-refractivity contribution in [1.29, 1.82) is 0 Å². The summed E-state index contributed by atoms with van der Waals surface area (Å²) in [5, 5.41) is 12.5. The van der Waals surface area contributed by atoms with E-state index in [1.165, 1.54) is 18.0 Å². The van der Waals surface area contributed by atoms with E-state index in [0.717, 1.165) is 14.9 Å². The molecular weight excluding hydrogens is 444 g/mol. The Bertz CT molecular complexity index is 1030. The summed E-state index contributed by atoms with van der Waals surface area (Å²) in [6.07, 6.45) is 0. The van der Waals surface area contributed by atoms with Gasteiger partial charge in [0.1, 0.15) is 11.4 Å². The van der Waals surface area contributed by atoms with Crippen LogP contribution in [0.15, 0.2) is 75.2 Å². The van der Waals surface area contributed by atoms with Crippen LogP contribution in [0, 0.1) is 4.91 Å². The maximum absolute atomic E-state index is 11.7. The molecule has 3 rings (SSSR count). The van der Waals surface area contributed by atoms with Crippen LogP contribution in [0.3, 0.4) is 0 Å². The number of anilines is 1. The van der Waals surface area contributed by atoms with Crippen LogP contribution in [0.25, 0.3) is 11.1 Å². The van der Waals surface area contributed by atoms with Gasteiger partial charge >= 0.3 is 5.97 Å². The van der Waals surface area contributed by atoms with Crippen LogP contribution >= 0.6 is 27.9 Å². The van der Waals surface area contributed by atoms with Gasteiger partial charge in [-0.25, -0.2) is 4.79 Å². The second-order valence-electron chi connectivity index (χ2n) is 5.68. The molecule has 0 aliphatic heterocycles. The molecule has 6 nitrogen and oxygen atoms in total. The summed E-state index contributed by atoms with van der Waals surface area (Å²) in [6, 6.07) is 18.0. The lowest BCUT2D eigenvalue weighted by Gasteiger charge is -2.14. The molecule has 8 heteroatoms. The van der Waals surface area contributed by atoms with Crippen molar-refractivity contribution in [3.63, 3.8) is 0 Å². The summed E-state index contributed by atoms with van der Waals surface area (Å²) >= 11 is 4.61. The minimum Gasteiger partial charge on any atom is -0.496 e. The first-order chi connectivity index (χ1) is 13.5. The van der Waals surface area contributed by atoms with Crippen molar-refractivity contribution in [2.45, 2.75) is 4.90 Å². The number of methoxy groups -OCH3 is 1. The number of nitrogens with zero attached hydrogens (tertiary/aromatic N) is 1. The van der Waals surface area contributed by atoms with Crippen molar-refractivity contribution >= 4 is 45.2 Å². The summed E-state index contributed by atoms with van der Waals surface area (Å²) < 4.78 is 9.24. The average Bonchev–Trinajstić information content (AvgIpc) is 2.72. The van der Waals surface area contributed by atoms with Crippen molar-refractivity contribution in [1.82, 2.24) is 0 Å². The van der Waals surface area contributed by atoms with Crippen molar-refractivity contribution in [3.05, 3.63) is 75.6 Å². The van der Waals surface area contributed by atoms with Gasteiger partial charge in [0.05, 0.1) is 23.3 Å². The summed E-state index contributed by atoms with van der Waals surface area (Å²) in [7, 11) is 1.56. The van der Waals surface area contributed by atoms with Gasteiger partial charge in [0.25, 0.3) is 0 Å². The van der Waals surface area contributed by atoms with Crippen molar-refractivity contribution in [3.8, 4) is 16.9 Å². The predicted octanol–water partition coefficient (Wildman–Crippen LogP) is 6.34. The summed E-state index contributed by atoms with van der Waals surface area (Å²) in [5.41, 5.74) is 1.47. The number of nitroso groups, excluding NO2 is 1. The molecule has 0 aliphatic carbocycles. The SMILES string of the molecule is COc1ccc(Br)cc1SNc1cc(-c2ccccc2)cc(C(=O)O)c1N=O. The zero-order chi connectivity index (χ0) is 20.1. The third kappa shape index (κ3) is 4.35. The first-order valence-electron chi connectivity index (χ1n) is 8.10. The Morgan fingerprint density at radius 2 is 1.86 bits per heavy atom. The molecule has 0 saturated carbocycles. The number of benzene rings is 3. The predicted molar refractivity (Wildman–Crippen MR) is 114 cm³/mol. The molecule has 0 aliphatic rings. The van der Waals surface area contributed by atoms with E-state index in [9.17, 15) is 14.8 Å². The molecule has 28 heavy (non-hydrogen) atoms. The lowest BCUT2D eigenvalue weighted by molar-refractivity contribution is 0.0698. The molecule has 2 N–H and O–H groups in total. The first-order valence-corrected chi connectivity index (χ1v) is 9.71. The fourth-order valence-corrected chi connectivity index (χ4v) is 3.94. The molecule has 0 aromatic heterocycles. The Hall–Kier alpha value is -2.84. The van der Waals surface area contributed by atoms with Crippen molar-refractivity contribution in [2.75, 3.05) is 11.8 Å². The van der Waals surface area contributed by atoms with E-state index >= 15 is 0 Å². The monoisotopic (exact) mass is 458 g/mol. The van der Waals surface area contributed by atoms with E-state index in [1.807, 2.05) is 42.5 Å². The van der Waals surface area contributed by atoms with Crippen LogP contribution in [0.5, 0.6) is 5.75 Å². The highest BCUT2D eigenvalue weighted by Gasteiger charge is 2.19. The van der Waals surface area contributed by atoms with Crippen LogP contribution in [-0.4, -0.2) is 18.2 Å². The number of rotatable bonds is 7. The zero-order valence-electron chi connectivity index (χ0n) is 14.7. The van der Waals surface area contributed by atoms with Gasteiger partial charge in [-0.05, 0) is 58.6 Å². The van der Waals surface area contributed by atoms with Crippen LogP contribution in [-0.2, 0) is 0 Å². The molecule has 0 bridgehead atoms. The van der Waals surface area contributed by atoms with Gasteiger partial charge in [0.15, 0.2) is 0 Å². The van der Waals surface area contributed by atoms with Gasteiger partial charge in [-0.15, -0.1) is 4.91 Å². The highest BCUT2D eigenvalue weighted by atomic mass is 79.9. The molecule has 0 spiro atoms. The number of carboxylic acids is 1. The number of halogens is 1. The fourth-order valence-electron chi connectivity index (χ4n) is 2.61. The molecule has 0 fully saturated rings. The largest absolute Gasteiger partial charge is 0.496 e. The molecule has 0 atom stereocenters. The normalized spacial score (nSPS) is 10.4. The van der Waals surface area contributed by atoms with Crippen LogP contribution < -0.4 is 9.46 Å². The molecule has 0 heterocycles. The molecular formula is C20H15BrN2O4S. The average molecular weight is 459 g/mol. The summed E-state index contributed by atoms with van der Waals surface area (Å²) in [5.74, 6) is -0.584. The standard InChI is InChI=1S/C20H15BrN2O4S/c1-27-17-8-7-14(21)11-18(17)28-23-16-10-13(12-5-3-2-4-6-12)9-15(20(24)25)19(16)22-26/h2-11,23H,1H3,(H,24,25). The van der Waals surface area contributed by atoms with Crippen molar-refractivity contribution < 1.29 is 14.6 Å². The van der Waals surface area contributed by atoms with Gasteiger partial charge in [0, 0.05) is 4.47 Å². The Labute approximate surface area is 174 Å². The summed E-state index contributed by atoms with van der Waals surface area (Å²) in [6.45, 7) is 0. The van der Waals surface area contributed by atoms with Crippen molar-refractivity contribution in [2.24, 2.45) is 5.18 Å². The minimum atomic E-state index is -1.22. The topological polar surface area (TPSA) is 88.0 Å². The lowest BCUT2D eigenvalue weighted by atomic mass is 10.0. The third-order valence-electron chi connectivity index (χ3n) is 3.94. The van der Waals surface area contributed by atoms with E-state index in [2.05, 4.69) is 25.8 Å². The van der Waals surface area contributed by atoms with E-state index in [0.29, 0.717) is 17.0 Å². The highest BCUT2D eigenvalue weighted by Crippen LogP contribution is 2.39. The molecule has 0 radical (unpaired) electrons. The van der Waals surface area contributed by atoms with E-state index in [-0.39, 0.29) is 11.3 Å². The second-order valence-corrected chi connectivity index (χ2v) is 7.45. The second kappa shape index (κ2) is 8.90. The fraction of sp³-hybridized carbons (Fsp3) is 0.0500. The quantitative estimate of drug-likeness (QED) is 0.317. The summed E-state index contributed by atoms with van der Waals surface area (Å²) in [4.78, 5) is 23.8. The Kier molecular flexibility index (Phi) is 6.33. The molecule has 0 amide bonds. The van der Waals surface area contributed by atoms with E-state index < -0.39 is 5.97 Å². The number of hydrogen-bond donors (Lipinski definition) is 2. The number of carboxylic acid groups (broad SMARTS) is 1. The van der Waals surface area contributed by atoms with E-state index in [1.54, 1.807) is 19.2 Å². The van der Waals surface area contributed by atoms with E-state index in [4.69, 9.17) is 4.74 Å². The van der Waals surface area contributed by atoms with Gasteiger partial charge in [-0.3, -0.25) is 0 Å². The maximum Gasteiger partial charge on any atom is 0.338 e. The van der Waals surface area contributed by atoms with Crippen LogP contribution in [0.2, 0.25) is 0 Å². The number of ether oxygens (including phenoxy) is 1. The molecule has 3 aromatic carbocycles. The van der Waals surface area contributed by atoms with Crippen LogP contribution in [0.4, 0.5) is 11.4 Å². The Morgan fingerprint density at radius 1 is 1.11 bits per heavy atom.